The Kier molecular flexibility index (Phi) is 6.30. The summed E-state index contributed by atoms with van der Waals surface area (Å²) in [7, 11) is -2.96. The number of hydrogen-bond donors (Lipinski definition) is 2. The van der Waals surface area contributed by atoms with Crippen molar-refractivity contribution in [1.82, 2.24) is 14.7 Å². The van der Waals surface area contributed by atoms with E-state index in [-0.39, 0.29) is 33.3 Å². The molecule has 3 aromatic rings. The molecule has 1 aliphatic carbocycles. The molecule has 34 heavy (non-hydrogen) atoms. The van der Waals surface area contributed by atoms with E-state index in [1.165, 1.54) is 43.6 Å². The van der Waals surface area contributed by atoms with E-state index in [2.05, 4.69) is 9.97 Å². The van der Waals surface area contributed by atoms with Gasteiger partial charge in [-0.25, -0.2) is 36.7 Å². The van der Waals surface area contributed by atoms with E-state index < -0.39 is 44.7 Å². The molecule has 1 aliphatic rings. The Balaban J connectivity index is 1.80. The van der Waals surface area contributed by atoms with Gasteiger partial charge in [-0.1, -0.05) is 12.1 Å². The number of hydrogen-bond acceptors (Lipinski definition) is 8. The molecule has 178 valence electrons. The van der Waals surface area contributed by atoms with Crippen LogP contribution in [0.4, 0.5) is 8.78 Å². The van der Waals surface area contributed by atoms with Crippen molar-refractivity contribution in [3.63, 3.8) is 0 Å². The number of ether oxygens (including phenoxy) is 1. The first-order valence-corrected chi connectivity index (χ1v) is 11.5. The SMILES string of the molecule is CNS(=O)(=O)c1cccc(C(N)c2c(C)c3c(oc2=O)=CC(Oc2ncccn2)C(F)C=3)c1F. The molecule has 0 saturated carbocycles. The summed E-state index contributed by atoms with van der Waals surface area (Å²) in [5, 5.41) is 0.255. The predicted octanol–water partition coefficient (Wildman–Crippen LogP) is 0.194. The van der Waals surface area contributed by atoms with Crippen molar-refractivity contribution in [2.24, 2.45) is 5.73 Å². The van der Waals surface area contributed by atoms with E-state index in [1.807, 2.05) is 4.72 Å². The predicted molar refractivity (Wildman–Crippen MR) is 118 cm³/mol. The molecule has 0 amide bonds. The number of nitrogens with two attached hydrogens (primary N) is 1. The van der Waals surface area contributed by atoms with Crippen LogP contribution in [0.5, 0.6) is 6.01 Å². The summed E-state index contributed by atoms with van der Waals surface area (Å²) < 4.78 is 67.0. The van der Waals surface area contributed by atoms with Crippen molar-refractivity contribution in [3.8, 4) is 6.01 Å². The molecule has 3 atom stereocenters. The number of halogens is 2. The highest BCUT2D eigenvalue weighted by Crippen LogP contribution is 2.26. The topological polar surface area (TPSA) is 137 Å². The minimum Gasteiger partial charge on any atom is -0.452 e. The van der Waals surface area contributed by atoms with E-state index in [0.717, 1.165) is 13.1 Å². The van der Waals surface area contributed by atoms with E-state index in [1.54, 1.807) is 6.07 Å². The zero-order chi connectivity index (χ0) is 24.6. The maximum atomic E-state index is 15.1. The molecule has 3 N–H and O–H groups in total. The highest BCUT2D eigenvalue weighted by Gasteiger charge is 2.29. The first-order chi connectivity index (χ1) is 16.1. The molecule has 1 aromatic carbocycles. The van der Waals surface area contributed by atoms with Crippen LogP contribution in [0.1, 0.15) is 22.7 Å². The Bertz CT molecular complexity index is 1530. The standard InChI is InChI=1S/C22H20F2N4O5S/c1-11-13-9-14(23)16(33-22-27-7-4-8-28-22)10-15(13)32-21(29)18(11)20(25)12-5-3-6-17(19(12)24)34(30,31)26-2/h3-10,14,16,20,26H,25H2,1-2H3. The maximum absolute atomic E-state index is 15.1. The quantitative estimate of drug-likeness (QED) is 0.500. The van der Waals surface area contributed by atoms with Gasteiger partial charge in [0.1, 0.15) is 16.1 Å². The van der Waals surface area contributed by atoms with E-state index in [9.17, 15) is 17.6 Å². The fourth-order valence-corrected chi connectivity index (χ4v) is 4.52. The molecule has 0 spiro atoms. The van der Waals surface area contributed by atoms with Crippen molar-refractivity contribution < 1.29 is 26.4 Å². The average Bonchev–Trinajstić information content (AvgIpc) is 2.81. The van der Waals surface area contributed by atoms with Gasteiger partial charge in [0.15, 0.2) is 12.3 Å². The van der Waals surface area contributed by atoms with Crippen molar-refractivity contribution in [3.05, 3.63) is 80.2 Å². The molecule has 9 nitrogen and oxygen atoms in total. The number of nitrogens with one attached hydrogen (secondary N) is 1. The van der Waals surface area contributed by atoms with Gasteiger partial charge in [0.2, 0.25) is 10.0 Å². The van der Waals surface area contributed by atoms with Gasteiger partial charge in [-0.05, 0) is 37.7 Å². The van der Waals surface area contributed by atoms with Crippen LogP contribution in [0, 0.1) is 12.7 Å². The van der Waals surface area contributed by atoms with Gasteiger partial charge in [-0.15, -0.1) is 0 Å². The molecule has 2 heterocycles. The lowest BCUT2D eigenvalue weighted by atomic mass is 9.94. The van der Waals surface area contributed by atoms with Crippen LogP contribution in [0.3, 0.4) is 0 Å². The second-order valence-electron chi connectivity index (χ2n) is 7.44. The van der Waals surface area contributed by atoms with Gasteiger partial charge in [0.25, 0.3) is 0 Å². The molecule has 0 saturated heterocycles. The third-order valence-corrected chi connectivity index (χ3v) is 6.86. The summed E-state index contributed by atoms with van der Waals surface area (Å²) in [6.45, 7) is 1.52. The first-order valence-electron chi connectivity index (χ1n) is 10.1. The van der Waals surface area contributed by atoms with Crippen LogP contribution in [0.2, 0.25) is 0 Å². The Labute approximate surface area is 192 Å². The van der Waals surface area contributed by atoms with Crippen LogP contribution in [0.15, 0.2) is 50.8 Å². The number of fused-ring (bicyclic) bond motifs is 1. The lowest BCUT2D eigenvalue weighted by Crippen LogP contribution is -2.44. The zero-order valence-corrected chi connectivity index (χ0v) is 18.8. The van der Waals surface area contributed by atoms with Crippen LogP contribution in [0.25, 0.3) is 12.2 Å². The minimum absolute atomic E-state index is 0.0483. The summed E-state index contributed by atoms with van der Waals surface area (Å²) in [5.41, 5.74) is 5.29. The Morgan fingerprint density at radius 2 is 1.91 bits per heavy atom. The smallest absolute Gasteiger partial charge is 0.341 e. The van der Waals surface area contributed by atoms with Crippen molar-refractivity contribution >= 4 is 22.2 Å². The van der Waals surface area contributed by atoms with Crippen LogP contribution >= 0.6 is 0 Å². The highest BCUT2D eigenvalue weighted by molar-refractivity contribution is 7.89. The van der Waals surface area contributed by atoms with E-state index >= 15 is 4.39 Å². The average molecular weight is 490 g/mol. The van der Waals surface area contributed by atoms with Crippen molar-refractivity contribution in [2.75, 3.05) is 7.05 Å². The lowest BCUT2D eigenvalue weighted by molar-refractivity contribution is 0.170. The fourth-order valence-electron chi connectivity index (χ4n) is 3.69. The minimum atomic E-state index is -4.11. The third kappa shape index (κ3) is 4.22. The normalized spacial score (nSPS) is 18.4. The molecule has 0 fully saturated rings. The van der Waals surface area contributed by atoms with Gasteiger partial charge in [-0.2, -0.15) is 0 Å². The monoisotopic (exact) mass is 490 g/mol. The number of sulfonamides is 1. The first kappa shape index (κ1) is 23.7. The Morgan fingerprint density at radius 3 is 2.59 bits per heavy atom. The second-order valence-corrected chi connectivity index (χ2v) is 9.30. The lowest BCUT2D eigenvalue weighted by Gasteiger charge is -2.20. The summed E-state index contributed by atoms with van der Waals surface area (Å²) in [6, 6.07) is 3.81. The van der Waals surface area contributed by atoms with Crippen LogP contribution < -0.4 is 31.5 Å². The second kappa shape index (κ2) is 9.05. The summed E-state index contributed by atoms with van der Waals surface area (Å²) in [5.74, 6) is -1.10. The van der Waals surface area contributed by atoms with Gasteiger partial charge in [0.05, 0.1) is 11.6 Å². The largest absolute Gasteiger partial charge is 0.452 e. The molecule has 0 radical (unpaired) electrons. The van der Waals surface area contributed by atoms with E-state index in [4.69, 9.17) is 14.9 Å². The number of nitrogens with zero attached hydrogens (tertiary/aromatic N) is 2. The molecular weight excluding hydrogens is 470 g/mol. The molecule has 12 heteroatoms. The van der Waals surface area contributed by atoms with Crippen molar-refractivity contribution in [1.29, 1.82) is 0 Å². The summed E-state index contributed by atoms with van der Waals surface area (Å²) >= 11 is 0. The number of aromatic nitrogens is 2. The number of benzene rings is 1. The fraction of sp³-hybridized carbons (Fsp3) is 0.227. The summed E-state index contributed by atoms with van der Waals surface area (Å²) in [4.78, 5) is 20.0. The van der Waals surface area contributed by atoms with Gasteiger partial charge in [-0.3, -0.25) is 0 Å². The van der Waals surface area contributed by atoms with E-state index in [0.29, 0.717) is 0 Å². The van der Waals surface area contributed by atoms with Crippen LogP contribution in [-0.2, 0) is 10.0 Å². The molecule has 4 rings (SSSR count). The number of alkyl halides is 1. The molecule has 0 aliphatic heterocycles. The van der Waals surface area contributed by atoms with Gasteiger partial charge < -0.3 is 14.9 Å². The van der Waals surface area contributed by atoms with Crippen LogP contribution in [-0.4, -0.2) is 37.7 Å². The Hall–Kier alpha value is -3.48. The summed E-state index contributed by atoms with van der Waals surface area (Å²) in [6.07, 6.45) is 2.59. The highest BCUT2D eigenvalue weighted by atomic mass is 32.2. The molecule has 0 bridgehead atoms. The van der Waals surface area contributed by atoms with Gasteiger partial charge in [0, 0.05) is 29.3 Å². The molecule has 2 aromatic heterocycles. The zero-order valence-electron chi connectivity index (χ0n) is 18.0. The number of rotatable bonds is 6. The Morgan fingerprint density at radius 1 is 1.21 bits per heavy atom. The van der Waals surface area contributed by atoms with Gasteiger partial charge >= 0.3 is 11.6 Å². The maximum Gasteiger partial charge on any atom is 0.341 e. The molecular formula is C22H20F2N4O5S. The third-order valence-electron chi connectivity index (χ3n) is 5.43. The van der Waals surface area contributed by atoms with Crippen molar-refractivity contribution in [2.45, 2.75) is 30.1 Å². The molecule has 3 unspecified atom stereocenters.